The molecule has 1 aromatic carbocycles. The Hall–Kier alpha value is -2.41. The molecule has 7 heteroatoms. The highest BCUT2D eigenvalue weighted by Crippen LogP contribution is 2.16. The van der Waals surface area contributed by atoms with Gasteiger partial charge in [-0.15, -0.1) is 0 Å². The van der Waals surface area contributed by atoms with Crippen LogP contribution in [0.4, 0.5) is 5.69 Å². The van der Waals surface area contributed by atoms with Gasteiger partial charge in [-0.25, -0.2) is 4.79 Å². The molecule has 0 aliphatic rings. The van der Waals surface area contributed by atoms with Crippen molar-refractivity contribution < 1.29 is 14.3 Å². The van der Waals surface area contributed by atoms with Gasteiger partial charge in [0.15, 0.2) is 0 Å². The Labute approximate surface area is 125 Å². The molecule has 0 atom stereocenters. The molecule has 21 heavy (non-hydrogen) atoms. The fraction of sp³-hybridized carbons (Fsp3) is 0.214. The lowest BCUT2D eigenvalue weighted by molar-refractivity contribution is 0.0600. The van der Waals surface area contributed by atoms with Crippen LogP contribution in [0, 0.1) is 6.92 Å². The van der Waals surface area contributed by atoms with Crippen molar-refractivity contribution in [2.45, 2.75) is 6.92 Å². The number of aromatic nitrogens is 1. The number of esters is 1. The second-order valence-corrected chi connectivity index (χ2v) is 5.33. The van der Waals surface area contributed by atoms with Gasteiger partial charge in [-0.05, 0) is 25.1 Å². The zero-order valence-corrected chi connectivity index (χ0v) is 12.6. The number of hydrogen-bond donors (Lipinski definition) is 1. The number of nitrogens with zero attached hydrogens (tertiary/aromatic N) is 1. The van der Waals surface area contributed by atoms with Crippen LogP contribution in [0.3, 0.4) is 0 Å². The fourth-order valence-electron chi connectivity index (χ4n) is 1.76. The maximum Gasteiger partial charge on any atom is 0.337 e. The summed E-state index contributed by atoms with van der Waals surface area (Å²) in [6.45, 7) is 1.71. The number of thiazole rings is 1. The molecule has 1 N–H and O–H groups in total. The number of rotatable bonds is 3. The van der Waals surface area contributed by atoms with Crippen molar-refractivity contribution in [1.82, 2.24) is 4.57 Å². The Balaban J connectivity index is 2.25. The molecule has 1 amide bonds. The Morgan fingerprint density at radius 3 is 2.62 bits per heavy atom. The van der Waals surface area contributed by atoms with Crippen molar-refractivity contribution >= 4 is 28.9 Å². The first-order chi connectivity index (χ1) is 9.93. The Morgan fingerprint density at radius 1 is 1.33 bits per heavy atom. The first-order valence-electron chi connectivity index (χ1n) is 6.10. The third kappa shape index (κ3) is 3.03. The third-order valence-electron chi connectivity index (χ3n) is 3.04. The van der Waals surface area contributed by atoms with Crippen molar-refractivity contribution in [3.05, 3.63) is 50.1 Å². The molecule has 0 spiro atoms. The summed E-state index contributed by atoms with van der Waals surface area (Å²) in [6.07, 6.45) is 0. The van der Waals surface area contributed by atoms with E-state index in [0.29, 0.717) is 21.8 Å². The Morgan fingerprint density at radius 2 is 2.05 bits per heavy atom. The molecule has 0 saturated heterocycles. The van der Waals surface area contributed by atoms with Gasteiger partial charge in [0, 0.05) is 18.4 Å². The van der Waals surface area contributed by atoms with Crippen LogP contribution in [0.2, 0.25) is 0 Å². The van der Waals surface area contributed by atoms with E-state index in [1.165, 1.54) is 17.7 Å². The molecule has 110 valence electrons. The van der Waals surface area contributed by atoms with Crippen LogP contribution >= 0.6 is 11.3 Å². The number of amides is 1. The molecule has 1 heterocycles. The summed E-state index contributed by atoms with van der Waals surface area (Å²) < 4.78 is 6.05. The average Bonchev–Trinajstić information content (AvgIpc) is 2.74. The van der Waals surface area contributed by atoms with E-state index in [2.05, 4.69) is 10.1 Å². The van der Waals surface area contributed by atoms with Gasteiger partial charge in [0.25, 0.3) is 5.91 Å². The molecule has 2 aromatic rings. The molecular formula is C14H14N2O4S. The van der Waals surface area contributed by atoms with Crippen LogP contribution in [0.15, 0.2) is 29.1 Å². The van der Waals surface area contributed by atoms with Gasteiger partial charge in [-0.3, -0.25) is 9.59 Å². The molecule has 0 unspecified atom stereocenters. The molecule has 0 bridgehead atoms. The monoisotopic (exact) mass is 306 g/mol. The van der Waals surface area contributed by atoms with Crippen LogP contribution < -0.4 is 10.2 Å². The van der Waals surface area contributed by atoms with Crippen molar-refractivity contribution in [3.63, 3.8) is 0 Å². The lowest BCUT2D eigenvalue weighted by atomic mass is 10.2. The van der Waals surface area contributed by atoms with E-state index in [1.807, 2.05) is 0 Å². The van der Waals surface area contributed by atoms with E-state index < -0.39 is 5.97 Å². The van der Waals surface area contributed by atoms with E-state index in [1.54, 1.807) is 32.2 Å². The highest BCUT2D eigenvalue weighted by atomic mass is 32.1. The van der Waals surface area contributed by atoms with Gasteiger partial charge >= 0.3 is 10.8 Å². The molecule has 0 fully saturated rings. The highest BCUT2D eigenvalue weighted by molar-refractivity contribution is 7.11. The van der Waals surface area contributed by atoms with Gasteiger partial charge in [-0.2, -0.15) is 0 Å². The summed E-state index contributed by atoms with van der Waals surface area (Å²) in [5.41, 5.74) is 1.41. The fourth-order valence-corrected chi connectivity index (χ4v) is 2.64. The number of hydrogen-bond acceptors (Lipinski definition) is 5. The molecule has 6 nitrogen and oxygen atoms in total. The summed E-state index contributed by atoms with van der Waals surface area (Å²) in [5.74, 6) is -0.858. The zero-order valence-electron chi connectivity index (χ0n) is 11.8. The highest BCUT2D eigenvalue weighted by Gasteiger charge is 2.16. The molecule has 1 aromatic heterocycles. The van der Waals surface area contributed by atoms with Crippen LogP contribution in [0.1, 0.15) is 25.7 Å². The van der Waals surface area contributed by atoms with E-state index in [4.69, 9.17) is 0 Å². The Bertz CT molecular complexity index is 761. The van der Waals surface area contributed by atoms with Crippen molar-refractivity contribution in [1.29, 1.82) is 0 Å². The molecular weight excluding hydrogens is 292 g/mol. The van der Waals surface area contributed by atoms with Crippen molar-refractivity contribution in [2.75, 3.05) is 12.4 Å². The lowest BCUT2D eigenvalue weighted by Crippen LogP contribution is -2.13. The maximum absolute atomic E-state index is 12.2. The second-order valence-electron chi connectivity index (χ2n) is 4.37. The number of carbonyl (C=O) groups is 2. The minimum absolute atomic E-state index is 0.194. The van der Waals surface area contributed by atoms with Crippen molar-refractivity contribution in [2.24, 2.45) is 7.05 Å². The first-order valence-corrected chi connectivity index (χ1v) is 6.92. The number of carbonyl (C=O) groups excluding carboxylic acids is 2. The number of methoxy groups -OCH3 is 1. The molecule has 0 aliphatic carbocycles. The van der Waals surface area contributed by atoms with Gasteiger partial charge in [0.05, 0.1) is 12.7 Å². The van der Waals surface area contributed by atoms with Crippen LogP contribution in [-0.2, 0) is 11.8 Å². The molecule has 2 rings (SSSR count). The van der Waals surface area contributed by atoms with Crippen molar-refractivity contribution in [3.8, 4) is 0 Å². The molecule has 0 aliphatic heterocycles. The SMILES string of the molecule is COC(=O)c1cccc(NC(=O)c2sc(=O)n(C)c2C)c1. The maximum atomic E-state index is 12.2. The predicted octanol–water partition coefficient (Wildman–Crippen LogP) is 1.79. The van der Waals surface area contributed by atoms with Gasteiger partial charge in [0.1, 0.15) is 4.88 Å². The minimum Gasteiger partial charge on any atom is -0.465 e. The van der Waals surface area contributed by atoms with E-state index >= 15 is 0 Å². The molecule has 0 saturated carbocycles. The number of nitrogens with one attached hydrogen (secondary N) is 1. The standard InChI is InChI=1S/C14H14N2O4S/c1-8-11(21-14(19)16(8)2)12(17)15-10-6-4-5-9(7-10)13(18)20-3/h4-7H,1-3H3,(H,15,17). The third-order valence-corrected chi connectivity index (χ3v) is 4.18. The summed E-state index contributed by atoms with van der Waals surface area (Å²) in [5, 5.41) is 2.67. The van der Waals surface area contributed by atoms with Crippen LogP contribution in [-0.4, -0.2) is 23.6 Å². The average molecular weight is 306 g/mol. The van der Waals surface area contributed by atoms with E-state index in [-0.39, 0.29) is 10.8 Å². The largest absolute Gasteiger partial charge is 0.465 e. The quantitative estimate of drug-likeness (QED) is 0.877. The summed E-state index contributed by atoms with van der Waals surface area (Å²) in [6, 6.07) is 6.41. The lowest BCUT2D eigenvalue weighted by Gasteiger charge is -2.06. The summed E-state index contributed by atoms with van der Waals surface area (Å²) in [7, 11) is 2.90. The number of ether oxygens (including phenoxy) is 1. The summed E-state index contributed by atoms with van der Waals surface area (Å²) >= 11 is 0.887. The van der Waals surface area contributed by atoms with Gasteiger partial charge in [-0.1, -0.05) is 17.4 Å². The molecule has 0 radical (unpaired) electrons. The minimum atomic E-state index is -0.480. The second kappa shape index (κ2) is 5.92. The zero-order chi connectivity index (χ0) is 15.6. The smallest absolute Gasteiger partial charge is 0.337 e. The normalized spacial score (nSPS) is 10.2. The van der Waals surface area contributed by atoms with Gasteiger partial charge in [0.2, 0.25) is 0 Å². The van der Waals surface area contributed by atoms with Crippen LogP contribution in [0.25, 0.3) is 0 Å². The topological polar surface area (TPSA) is 77.4 Å². The van der Waals surface area contributed by atoms with E-state index in [9.17, 15) is 14.4 Å². The number of benzene rings is 1. The first kappa shape index (κ1) is 15.0. The van der Waals surface area contributed by atoms with Crippen LogP contribution in [0.5, 0.6) is 0 Å². The Kier molecular flexibility index (Phi) is 4.23. The number of anilines is 1. The van der Waals surface area contributed by atoms with Gasteiger partial charge < -0.3 is 14.6 Å². The van der Waals surface area contributed by atoms with E-state index in [0.717, 1.165) is 11.3 Å². The predicted molar refractivity (Wildman–Crippen MR) is 80.0 cm³/mol. The summed E-state index contributed by atoms with van der Waals surface area (Å²) in [4.78, 5) is 35.3.